The molecule has 0 bridgehead atoms. The number of rotatable bonds is 5. The molecule has 0 fully saturated rings. The lowest BCUT2D eigenvalue weighted by Gasteiger charge is -2.17. The van der Waals surface area contributed by atoms with Gasteiger partial charge in [-0.25, -0.2) is 12.8 Å². The highest BCUT2D eigenvalue weighted by Gasteiger charge is 2.26. The summed E-state index contributed by atoms with van der Waals surface area (Å²) >= 11 is 0. The molecule has 0 saturated heterocycles. The minimum absolute atomic E-state index is 0.131. The number of likely N-dealkylation sites (N-methyl/N-ethyl adjacent to an activating group) is 2. The summed E-state index contributed by atoms with van der Waals surface area (Å²) in [7, 11) is -2.89. The molecule has 0 saturated carbocycles. The van der Waals surface area contributed by atoms with Crippen molar-refractivity contribution in [2.24, 2.45) is 0 Å². The van der Waals surface area contributed by atoms with Crippen molar-refractivity contribution in [2.75, 3.05) is 25.9 Å². The predicted molar refractivity (Wildman–Crippen MR) is 69.3 cm³/mol. The molecule has 0 heterocycles. The van der Waals surface area contributed by atoms with Crippen LogP contribution in [0, 0.1) is 5.82 Å². The van der Waals surface area contributed by atoms with Crippen LogP contribution in [-0.2, 0) is 14.8 Å². The molecule has 0 atom stereocenters. The van der Waals surface area contributed by atoms with Gasteiger partial charge in [-0.05, 0) is 25.1 Å². The number of halogens is 1. The highest BCUT2D eigenvalue weighted by atomic mass is 32.2. The van der Waals surface area contributed by atoms with E-state index in [0.717, 1.165) is 16.4 Å². The smallest absolute Gasteiger partial charge is 0.246 e. The van der Waals surface area contributed by atoms with Gasteiger partial charge in [0.05, 0.1) is 6.54 Å². The van der Waals surface area contributed by atoms with Gasteiger partial charge in [0.25, 0.3) is 0 Å². The topological polar surface area (TPSA) is 92.5 Å². The number of hydrogen-bond acceptors (Lipinski definition) is 4. The van der Waals surface area contributed by atoms with Crippen molar-refractivity contribution in [3.05, 3.63) is 24.0 Å². The lowest BCUT2D eigenvalue weighted by atomic mass is 10.3. The number of nitrogens with one attached hydrogen (secondary N) is 1. The number of nitrogens with zero attached hydrogens (tertiary/aromatic N) is 1. The maximum absolute atomic E-state index is 13.5. The summed E-state index contributed by atoms with van der Waals surface area (Å²) in [6, 6.07) is 3.26. The molecule has 19 heavy (non-hydrogen) atoms. The second-order valence-electron chi connectivity index (χ2n) is 3.90. The van der Waals surface area contributed by atoms with E-state index < -0.39 is 26.6 Å². The lowest BCUT2D eigenvalue weighted by molar-refractivity contribution is -0.121. The molecule has 1 aromatic rings. The van der Waals surface area contributed by atoms with E-state index in [1.807, 2.05) is 0 Å². The average Bonchev–Trinajstić information content (AvgIpc) is 2.32. The fourth-order valence-corrected chi connectivity index (χ4v) is 2.65. The van der Waals surface area contributed by atoms with Gasteiger partial charge in [0, 0.05) is 19.3 Å². The molecule has 0 unspecified atom stereocenters. The van der Waals surface area contributed by atoms with Crippen molar-refractivity contribution >= 4 is 21.6 Å². The first-order valence-corrected chi connectivity index (χ1v) is 7.01. The predicted octanol–water partition coefficient (Wildman–Crippen LogP) is 0.165. The second kappa shape index (κ2) is 5.98. The fraction of sp³-hybridized carbons (Fsp3) is 0.364. The van der Waals surface area contributed by atoms with E-state index in [0.29, 0.717) is 6.54 Å². The van der Waals surface area contributed by atoms with Crippen molar-refractivity contribution in [1.29, 1.82) is 0 Å². The number of nitrogen functional groups attached to an aromatic ring is 1. The van der Waals surface area contributed by atoms with E-state index in [1.54, 1.807) is 6.92 Å². The summed E-state index contributed by atoms with van der Waals surface area (Å²) in [6.07, 6.45) is 0. The molecule has 3 N–H and O–H groups in total. The molecule has 6 nitrogen and oxygen atoms in total. The van der Waals surface area contributed by atoms with E-state index in [-0.39, 0.29) is 12.2 Å². The first-order chi connectivity index (χ1) is 8.78. The number of carbonyl (C=O) groups excluding carboxylic acids is 1. The minimum Gasteiger partial charge on any atom is -0.399 e. The molecule has 1 rings (SSSR count). The summed E-state index contributed by atoms with van der Waals surface area (Å²) in [4.78, 5) is 10.8. The molecule has 1 aromatic carbocycles. The SMILES string of the molecule is CCNC(=O)CN(C)S(=O)(=O)c1cc(N)ccc1F. The maximum Gasteiger partial charge on any atom is 0.246 e. The number of anilines is 1. The second-order valence-corrected chi connectivity index (χ2v) is 5.92. The zero-order valence-electron chi connectivity index (χ0n) is 10.7. The summed E-state index contributed by atoms with van der Waals surface area (Å²) < 4.78 is 38.5. The van der Waals surface area contributed by atoms with Crippen molar-refractivity contribution in [3.8, 4) is 0 Å². The summed E-state index contributed by atoms with van der Waals surface area (Å²) in [5.74, 6) is -1.37. The normalized spacial score (nSPS) is 11.6. The van der Waals surface area contributed by atoms with Crippen LogP contribution in [0.15, 0.2) is 23.1 Å². The highest BCUT2D eigenvalue weighted by Crippen LogP contribution is 2.20. The van der Waals surface area contributed by atoms with E-state index in [4.69, 9.17) is 5.73 Å². The Hall–Kier alpha value is -1.67. The summed E-state index contributed by atoms with van der Waals surface area (Å²) in [5.41, 5.74) is 5.58. The Kier molecular flexibility index (Phi) is 4.84. The molecule has 0 spiro atoms. The molecule has 0 aliphatic carbocycles. The Labute approximate surface area is 111 Å². The number of nitrogens with two attached hydrogens (primary N) is 1. The Morgan fingerprint density at radius 3 is 2.68 bits per heavy atom. The van der Waals surface area contributed by atoms with Crippen LogP contribution in [-0.4, -0.2) is 38.8 Å². The average molecular weight is 289 g/mol. The third-order valence-electron chi connectivity index (χ3n) is 2.38. The lowest BCUT2D eigenvalue weighted by Crippen LogP contribution is -2.38. The molecule has 0 aliphatic heterocycles. The van der Waals surface area contributed by atoms with Gasteiger partial charge in [0.2, 0.25) is 15.9 Å². The zero-order chi connectivity index (χ0) is 14.6. The van der Waals surface area contributed by atoms with E-state index in [9.17, 15) is 17.6 Å². The molecule has 0 aliphatic rings. The van der Waals surface area contributed by atoms with Gasteiger partial charge in [-0.3, -0.25) is 4.79 Å². The van der Waals surface area contributed by atoms with Crippen LogP contribution in [0.2, 0.25) is 0 Å². The van der Waals surface area contributed by atoms with Crippen LogP contribution in [0.4, 0.5) is 10.1 Å². The zero-order valence-corrected chi connectivity index (χ0v) is 11.5. The van der Waals surface area contributed by atoms with Gasteiger partial charge < -0.3 is 11.1 Å². The minimum atomic E-state index is -4.09. The van der Waals surface area contributed by atoms with Crippen molar-refractivity contribution < 1.29 is 17.6 Å². The van der Waals surface area contributed by atoms with Crippen molar-refractivity contribution in [2.45, 2.75) is 11.8 Å². The Morgan fingerprint density at radius 2 is 2.11 bits per heavy atom. The third-order valence-corrected chi connectivity index (χ3v) is 4.20. The molecule has 8 heteroatoms. The van der Waals surface area contributed by atoms with Gasteiger partial charge in [-0.1, -0.05) is 0 Å². The Morgan fingerprint density at radius 1 is 1.47 bits per heavy atom. The van der Waals surface area contributed by atoms with Crippen molar-refractivity contribution in [3.63, 3.8) is 0 Å². The van der Waals surface area contributed by atoms with Crippen LogP contribution in [0.1, 0.15) is 6.92 Å². The fourth-order valence-electron chi connectivity index (χ4n) is 1.43. The monoisotopic (exact) mass is 289 g/mol. The van der Waals surface area contributed by atoms with Gasteiger partial charge in [-0.15, -0.1) is 0 Å². The van der Waals surface area contributed by atoms with Gasteiger partial charge >= 0.3 is 0 Å². The number of hydrogen-bond donors (Lipinski definition) is 2. The van der Waals surface area contributed by atoms with Gasteiger partial charge in [0.15, 0.2) is 0 Å². The number of amides is 1. The number of carbonyl (C=O) groups is 1. The van der Waals surface area contributed by atoms with Crippen LogP contribution in [0.25, 0.3) is 0 Å². The quantitative estimate of drug-likeness (QED) is 0.755. The molecule has 106 valence electrons. The van der Waals surface area contributed by atoms with Crippen LogP contribution >= 0.6 is 0 Å². The van der Waals surface area contributed by atoms with E-state index in [2.05, 4.69) is 5.32 Å². The summed E-state index contributed by atoms with van der Waals surface area (Å²) in [5, 5.41) is 2.46. The highest BCUT2D eigenvalue weighted by molar-refractivity contribution is 7.89. The molecule has 1 amide bonds. The van der Waals surface area contributed by atoms with E-state index >= 15 is 0 Å². The van der Waals surface area contributed by atoms with Gasteiger partial charge in [-0.2, -0.15) is 4.31 Å². The molecule has 0 aromatic heterocycles. The molecular formula is C11H16FN3O3S. The first kappa shape index (κ1) is 15.4. The molecular weight excluding hydrogens is 273 g/mol. The summed E-state index contributed by atoms with van der Waals surface area (Å²) in [6.45, 7) is 1.72. The van der Waals surface area contributed by atoms with E-state index in [1.165, 1.54) is 13.1 Å². The Balaban J connectivity index is 3.03. The Bertz CT molecular complexity index is 575. The van der Waals surface area contributed by atoms with Crippen LogP contribution in [0.3, 0.4) is 0 Å². The van der Waals surface area contributed by atoms with Gasteiger partial charge in [0.1, 0.15) is 10.7 Å². The van der Waals surface area contributed by atoms with Crippen LogP contribution in [0.5, 0.6) is 0 Å². The number of sulfonamides is 1. The third kappa shape index (κ3) is 3.65. The van der Waals surface area contributed by atoms with Crippen LogP contribution < -0.4 is 11.1 Å². The standard InChI is InChI=1S/C11H16FN3O3S/c1-3-14-11(16)7-15(2)19(17,18)10-6-8(13)4-5-9(10)12/h4-6H,3,7,13H2,1-2H3,(H,14,16). The number of benzene rings is 1. The van der Waals surface area contributed by atoms with Crippen molar-refractivity contribution in [1.82, 2.24) is 9.62 Å². The maximum atomic E-state index is 13.5. The first-order valence-electron chi connectivity index (χ1n) is 5.57. The molecule has 0 radical (unpaired) electrons. The largest absolute Gasteiger partial charge is 0.399 e.